The molecular weight excluding hydrogens is 592 g/mol. The highest BCUT2D eigenvalue weighted by Crippen LogP contribution is 2.24. The van der Waals surface area contributed by atoms with Gasteiger partial charge in [-0.25, -0.2) is 24.1 Å². The standard InChI is InChI=1S/C24H23Cl2F3N8O4/c1-23(2,41)12-31-21(39)20-32-17(33-37(20)15-4-3-9-30-18(15)26)11-36-22(40)35(10-16(38)24(27,28)29)19(34-36)13-5-7-14(25)8-6-13/h3-9,16,38,41H,10-12H2,1-2H3,(H,31,39). The highest BCUT2D eigenvalue weighted by molar-refractivity contribution is 6.31. The highest BCUT2D eigenvalue weighted by Gasteiger charge is 2.39. The minimum atomic E-state index is -4.99. The number of hydrogen-bond acceptors (Lipinski definition) is 8. The Morgan fingerprint density at radius 1 is 1.12 bits per heavy atom. The monoisotopic (exact) mass is 614 g/mol. The predicted octanol–water partition coefficient (Wildman–Crippen LogP) is 2.47. The van der Waals surface area contributed by atoms with Crippen LogP contribution in [0.15, 0.2) is 47.4 Å². The molecule has 4 rings (SSSR count). The van der Waals surface area contributed by atoms with Crippen molar-refractivity contribution in [2.75, 3.05) is 6.54 Å². The average Bonchev–Trinajstić information content (AvgIpc) is 3.44. The normalized spacial score (nSPS) is 12.9. The van der Waals surface area contributed by atoms with Gasteiger partial charge >= 0.3 is 11.9 Å². The molecule has 218 valence electrons. The Morgan fingerprint density at radius 3 is 2.41 bits per heavy atom. The molecule has 0 fully saturated rings. The number of halogens is 5. The van der Waals surface area contributed by atoms with Crippen LogP contribution >= 0.6 is 23.2 Å². The van der Waals surface area contributed by atoms with Gasteiger partial charge in [0.25, 0.3) is 5.91 Å². The van der Waals surface area contributed by atoms with Gasteiger partial charge in [-0.15, -0.1) is 10.2 Å². The van der Waals surface area contributed by atoms with Crippen molar-refractivity contribution in [2.45, 2.75) is 44.8 Å². The van der Waals surface area contributed by atoms with Crippen LogP contribution in [-0.2, 0) is 13.1 Å². The van der Waals surface area contributed by atoms with Crippen LogP contribution in [0.25, 0.3) is 17.1 Å². The summed E-state index contributed by atoms with van der Waals surface area (Å²) in [6, 6.07) is 8.88. The lowest BCUT2D eigenvalue weighted by Gasteiger charge is -2.17. The van der Waals surface area contributed by atoms with Crippen molar-refractivity contribution in [3.63, 3.8) is 0 Å². The summed E-state index contributed by atoms with van der Waals surface area (Å²) >= 11 is 12.1. The van der Waals surface area contributed by atoms with E-state index in [1.165, 1.54) is 56.4 Å². The fourth-order valence-corrected chi connectivity index (χ4v) is 3.90. The second kappa shape index (κ2) is 11.6. The smallest absolute Gasteiger partial charge is 0.389 e. The zero-order chi connectivity index (χ0) is 30.1. The summed E-state index contributed by atoms with van der Waals surface area (Å²) < 4.78 is 42.0. The summed E-state index contributed by atoms with van der Waals surface area (Å²) in [6.45, 7) is 1.24. The first-order chi connectivity index (χ1) is 19.1. The van der Waals surface area contributed by atoms with E-state index in [0.29, 0.717) is 9.59 Å². The van der Waals surface area contributed by atoms with Gasteiger partial charge in [0.05, 0.1) is 12.1 Å². The van der Waals surface area contributed by atoms with Crippen molar-refractivity contribution >= 4 is 29.1 Å². The Morgan fingerprint density at radius 2 is 1.80 bits per heavy atom. The maximum Gasteiger partial charge on any atom is 0.416 e. The zero-order valence-electron chi connectivity index (χ0n) is 21.5. The number of rotatable bonds is 9. The van der Waals surface area contributed by atoms with Crippen LogP contribution in [0.4, 0.5) is 13.2 Å². The Labute approximate surface area is 240 Å². The number of hydrogen-bond donors (Lipinski definition) is 3. The van der Waals surface area contributed by atoms with Crippen molar-refractivity contribution in [1.29, 1.82) is 0 Å². The fraction of sp³-hybridized carbons (Fsp3) is 0.333. The number of nitrogens with zero attached hydrogens (tertiary/aromatic N) is 7. The third-order valence-electron chi connectivity index (χ3n) is 5.55. The number of carbonyl (C=O) groups is 1. The van der Waals surface area contributed by atoms with E-state index in [9.17, 15) is 33.0 Å². The van der Waals surface area contributed by atoms with E-state index < -0.39 is 42.6 Å². The lowest BCUT2D eigenvalue weighted by atomic mass is 10.1. The molecule has 1 atom stereocenters. The number of pyridine rings is 1. The molecule has 0 bridgehead atoms. The van der Waals surface area contributed by atoms with Crippen LogP contribution in [0.5, 0.6) is 0 Å². The number of aromatic nitrogens is 7. The molecule has 0 aliphatic carbocycles. The minimum absolute atomic E-state index is 0.0203. The molecule has 0 saturated carbocycles. The molecule has 1 unspecified atom stereocenters. The van der Waals surface area contributed by atoms with E-state index >= 15 is 0 Å². The van der Waals surface area contributed by atoms with Crippen LogP contribution in [0, 0.1) is 0 Å². The van der Waals surface area contributed by atoms with Crippen molar-refractivity contribution in [1.82, 2.24) is 39.4 Å². The van der Waals surface area contributed by atoms with E-state index in [1.807, 2.05) is 0 Å². The number of aliphatic hydroxyl groups excluding tert-OH is 1. The van der Waals surface area contributed by atoms with Crippen LogP contribution < -0.4 is 11.0 Å². The van der Waals surface area contributed by atoms with Crippen LogP contribution in [0.2, 0.25) is 10.2 Å². The van der Waals surface area contributed by atoms with Gasteiger partial charge in [-0.05, 0) is 50.2 Å². The van der Waals surface area contributed by atoms with Crippen LogP contribution in [-0.4, -0.2) is 74.6 Å². The lowest BCUT2D eigenvalue weighted by Crippen LogP contribution is -2.39. The molecule has 17 heteroatoms. The van der Waals surface area contributed by atoms with Crippen LogP contribution in [0.1, 0.15) is 30.3 Å². The number of nitrogens with one attached hydrogen (secondary N) is 1. The van der Waals surface area contributed by atoms with Gasteiger partial charge in [0.1, 0.15) is 12.2 Å². The molecule has 0 radical (unpaired) electrons. The van der Waals surface area contributed by atoms with Gasteiger partial charge in [-0.2, -0.15) is 13.2 Å². The summed E-state index contributed by atoms with van der Waals surface area (Å²) in [6.07, 6.45) is -6.43. The number of benzene rings is 1. The van der Waals surface area contributed by atoms with Crippen molar-refractivity contribution in [2.24, 2.45) is 0 Å². The Hall–Kier alpha value is -3.79. The summed E-state index contributed by atoms with van der Waals surface area (Å²) in [5, 5.41) is 31.0. The van der Waals surface area contributed by atoms with Crippen molar-refractivity contribution in [3.05, 3.63) is 74.9 Å². The largest absolute Gasteiger partial charge is 0.416 e. The second-order valence-electron chi connectivity index (χ2n) is 9.51. The molecule has 3 heterocycles. The molecular formula is C24H23Cl2F3N8O4. The highest BCUT2D eigenvalue weighted by atomic mass is 35.5. The molecule has 3 N–H and O–H groups in total. The molecule has 0 aliphatic rings. The third-order valence-corrected chi connectivity index (χ3v) is 6.10. The molecule has 4 aromatic rings. The number of aliphatic hydroxyl groups is 2. The van der Waals surface area contributed by atoms with E-state index in [1.54, 1.807) is 0 Å². The molecule has 0 saturated heterocycles. The van der Waals surface area contributed by atoms with E-state index in [4.69, 9.17) is 23.2 Å². The van der Waals surface area contributed by atoms with E-state index in [2.05, 4.69) is 25.5 Å². The number of amides is 1. The SMILES string of the molecule is CC(C)(O)CNC(=O)c1nc(Cn2nc(-c3ccc(Cl)cc3)n(CC(O)C(F)(F)F)c2=O)nn1-c1cccnc1Cl. The first-order valence-corrected chi connectivity index (χ1v) is 12.7. The minimum Gasteiger partial charge on any atom is -0.389 e. The fourth-order valence-electron chi connectivity index (χ4n) is 3.58. The molecule has 3 aromatic heterocycles. The predicted molar refractivity (Wildman–Crippen MR) is 141 cm³/mol. The maximum atomic E-state index is 13.2. The third kappa shape index (κ3) is 7.11. The second-order valence-corrected chi connectivity index (χ2v) is 10.3. The summed E-state index contributed by atoms with van der Waals surface area (Å²) in [7, 11) is 0. The van der Waals surface area contributed by atoms with Gasteiger partial charge in [0, 0.05) is 23.3 Å². The quantitative estimate of drug-likeness (QED) is 0.243. The molecule has 1 amide bonds. The Bertz CT molecular complexity index is 1610. The topological polar surface area (TPSA) is 153 Å². The van der Waals surface area contributed by atoms with Crippen molar-refractivity contribution < 1.29 is 28.2 Å². The van der Waals surface area contributed by atoms with Gasteiger partial charge in [0.2, 0.25) is 5.82 Å². The number of alkyl halides is 3. The lowest BCUT2D eigenvalue weighted by molar-refractivity contribution is -0.207. The van der Waals surface area contributed by atoms with E-state index in [-0.39, 0.29) is 40.4 Å². The Kier molecular flexibility index (Phi) is 8.54. The summed E-state index contributed by atoms with van der Waals surface area (Å²) in [5.74, 6) is -1.30. The molecule has 0 aliphatic heterocycles. The van der Waals surface area contributed by atoms with Crippen LogP contribution in [0.3, 0.4) is 0 Å². The van der Waals surface area contributed by atoms with Gasteiger partial charge in [-0.1, -0.05) is 23.2 Å². The molecule has 1 aromatic carbocycles. The summed E-state index contributed by atoms with van der Waals surface area (Å²) in [5.41, 5.74) is -1.81. The first kappa shape index (κ1) is 30.2. The molecule has 0 spiro atoms. The van der Waals surface area contributed by atoms with Gasteiger partial charge in [-0.3, -0.25) is 9.36 Å². The summed E-state index contributed by atoms with van der Waals surface area (Å²) in [4.78, 5) is 34.4. The Balaban J connectivity index is 1.77. The number of carbonyl (C=O) groups excluding carboxylic acids is 1. The first-order valence-electron chi connectivity index (χ1n) is 11.9. The van der Waals surface area contributed by atoms with Gasteiger partial charge in [0.15, 0.2) is 22.9 Å². The van der Waals surface area contributed by atoms with Crippen molar-refractivity contribution in [3.8, 4) is 17.1 Å². The van der Waals surface area contributed by atoms with Gasteiger partial charge < -0.3 is 15.5 Å². The maximum absolute atomic E-state index is 13.2. The molecule has 41 heavy (non-hydrogen) atoms. The molecule has 12 nitrogen and oxygen atoms in total. The zero-order valence-corrected chi connectivity index (χ0v) is 23.0. The average molecular weight is 615 g/mol. The van der Waals surface area contributed by atoms with E-state index in [0.717, 1.165) is 9.36 Å².